The van der Waals surface area contributed by atoms with Gasteiger partial charge in [0, 0.05) is 7.05 Å². The Labute approximate surface area is 111 Å². The minimum atomic E-state index is -3.79. The topological polar surface area (TPSA) is 98.5 Å². The van der Waals surface area contributed by atoms with E-state index in [0.717, 1.165) is 4.31 Å². The highest BCUT2D eigenvalue weighted by Crippen LogP contribution is 2.15. The fourth-order valence-electron chi connectivity index (χ4n) is 1.45. The van der Waals surface area contributed by atoms with E-state index in [4.69, 9.17) is 10.4 Å². The highest BCUT2D eigenvalue weighted by atomic mass is 32.2. The Kier molecular flexibility index (Phi) is 4.64. The molecule has 0 aromatic heterocycles. The number of carboxylic acids is 1. The van der Waals surface area contributed by atoms with Crippen molar-refractivity contribution in [3.63, 3.8) is 0 Å². The molecule has 0 aliphatic rings. The van der Waals surface area contributed by atoms with Crippen LogP contribution in [0.15, 0.2) is 24.3 Å². The number of hydrogen-bond acceptors (Lipinski definition) is 4. The Hall–Kier alpha value is -1.91. The number of carbonyl (C=O) groups is 1. The first kappa shape index (κ1) is 15.1. The summed E-state index contributed by atoms with van der Waals surface area (Å²) >= 11 is 0. The second kappa shape index (κ2) is 5.82. The van der Waals surface area contributed by atoms with Crippen molar-refractivity contribution in [2.45, 2.75) is 18.7 Å². The van der Waals surface area contributed by atoms with Crippen molar-refractivity contribution in [2.75, 3.05) is 7.05 Å². The summed E-state index contributed by atoms with van der Waals surface area (Å²) in [6, 6.07) is 7.08. The minimum absolute atomic E-state index is 0.266. The third kappa shape index (κ3) is 3.53. The predicted octanol–water partition coefficient (Wildman–Crippen LogP) is 0.793. The normalized spacial score (nSPS) is 12.9. The van der Waals surface area contributed by atoms with Gasteiger partial charge in [0.25, 0.3) is 0 Å². The molecule has 1 aromatic rings. The molecule has 0 bridgehead atoms. The number of benzene rings is 1. The number of nitrogens with zero attached hydrogens (tertiary/aromatic N) is 2. The summed E-state index contributed by atoms with van der Waals surface area (Å²) in [5, 5.41) is 17.7. The van der Waals surface area contributed by atoms with Crippen molar-refractivity contribution >= 4 is 16.0 Å². The van der Waals surface area contributed by atoms with Crippen molar-refractivity contribution in [1.29, 1.82) is 5.26 Å². The molecule has 19 heavy (non-hydrogen) atoms. The number of likely N-dealkylation sites (N-methyl/N-ethyl adjacent to an activating group) is 1. The van der Waals surface area contributed by atoms with Crippen LogP contribution in [0.4, 0.5) is 0 Å². The van der Waals surface area contributed by atoms with E-state index in [1.54, 1.807) is 12.1 Å². The van der Waals surface area contributed by atoms with Crippen LogP contribution in [0.2, 0.25) is 0 Å². The highest BCUT2D eigenvalue weighted by molar-refractivity contribution is 7.88. The number of carboxylic acid groups (broad SMARTS) is 1. The van der Waals surface area contributed by atoms with Gasteiger partial charge in [0.05, 0.1) is 17.4 Å². The number of nitriles is 1. The van der Waals surface area contributed by atoms with Gasteiger partial charge >= 0.3 is 5.97 Å². The summed E-state index contributed by atoms with van der Waals surface area (Å²) in [5.74, 6) is -1.62. The van der Waals surface area contributed by atoms with Crippen molar-refractivity contribution < 1.29 is 18.3 Å². The monoisotopic (exact) mass is 282 g/mol. The van der Waals surface area contributed by atoms with Crippen LogP contribution in [0.5, 0.6) is 0 Å². The molecule has 0 spiro atoms. The lowest BCUT2D eigenvalue weighted by Gasteiger charge is -2.21. The summed E-state index contributed by atoms with van der Waals surface area (Å²) in [5.41, 5.74) is 0.622. The summed E-state index contributed by atoms with van der Waals surface area (Å²) in [7, 11) is -2.58. The van der Waals surface area contributed by atoms with Crippen molar-refractivity contribution in [1.82, 2.24) is 4.31 Å². The lowest BCUT2D eigenvalue weighted by molar-refractivity contribution is -0.140. The Morgan fingerprint density at radius 2 is 2.05 bits per heavy atom. The maximum absolute atomic E-state index is 12.1. The molecule has 0 saturated carbocycles. The van der Waals surface area contributed by atoms with E-state index in [0.29, 0.717) is 5.56 Å². The Morgan fingerprint density at radius 3 is 2.58 bits per heavy atom. The third-order valence-corrected chi connectivity index (χ3v) is 4.69. The average Bonchev–Trinajstić information content (AvgIpc) is 2.37. The van der Waals surface area contributed by atoms with Crippen LogP contribution < -0.4 is 0 Å². The predicted molar refractivity (Wildman–Crippen MR) is 68.6 cm³/mol. The average molecular weight is 282 g/mol. The lowest BCUT2D eigenvalue weighted by Crippen LogP contribution is -2.40. The van der Waals surface area contributed by atoms with E-state index < -0.39 is 27.8 Å². The quantitative estimate of drug-likeness (QED) is 0.861. The smallest absolute Gasteiger partial charge is 0.321 e. The maximum atomic E-state index is 12.1. The van der Waals surface area contributed by atoms with Crippen LogP contribution in [0, 0.1) is 11.3 Å². The van der Waals surface area contributed by atoms with Gasteiger partial charge in [-0.05, 0) is 18.6 Å². The molecular formula is C12H14N2O4S. The van der Waals surface area contributed by atoms with Crippen molar-refractivity contribution in [2.24, 2.45) is 0 Å². The Bertz CT molecular complexity index is 619. The van der Waals surface area contributed by atoms with Gasteiger partial charge in [0.1, 0.15) is 6.04 Å². The van der Waals surface area contributed by atoms with Crippen LogP contribution >= 0.6 is 0 Å². The second-order valence-electron chi connectivity index (χ2n) is 4.06. The van der Waals surface area contributed by atoms with Gasteiger partial charge in [-0.25, -0.2) is 8.42 Å². The van der Waals surface area contributed by atoms with E-state index >= 15 is 0 Å². The number of hydrogen-bond donors (Lipinski definition) is 1. The molecule has 0 fully saturated rings. The molecule has 0 radical (unpaired) electrons. The molecule has 102 valence electrons. The van der Waals surface area contributed by atoms with Gasteiger partial charge in [-0.15, -0.1) is 0 Å². The Morgan fingerprint density at radius 1 is 1.47 bits per heavy atom. The molecular weight excluding hydrogens is 268 g/mol. The summed E-state index contributed by atoms with van der Waals surface area (Å²) < 4.78 is 24.9. The molecule has 1 unspecified atom stereocenters. The van der Waals surface area contributed by atoms with E-state index in [2.05, 4.69) is 0 Å². The molecule has 0 saturated heterocycles. The fraction of sp³-hybridized carbons (Fsp3) is 0.333. The summed E-state index contributed by atoms with van der Waals surface area (Å²) in [4.78, 5) is 10.8. The lowest BCUT2D eigenvalue weighted by atomic mass is 10.1. The molecule has 1 aromatic carbocycles. The van der Waals surface area contributed by atoms with Crippen LogP contribution in [-0.4, -0.2) is 36.9 Å². The standard InChI is InChI=1S/C12H14N2O4S/c1-9(12(15)16)14(2)19(17,18)8-11-6-4-3-5-10(11)7-13/h3-6,9H,8H2,1-2H3,(H,15,16). The first-order chi connectivity index (χ1) is 8.79. The van der Waals surface area contributed by atoms with Crippen molar-refractivity contribution in [3.05, 3.63) is 35.4 Å². The SMILES string of the molecule is CC(C(=O)O)N(C)S(=O)(=O)Cc1ccccc1C#N. The first-order valence-corrected chi connectivity index (χ1v) is 7.07. The minimum Gasteiger partial charge on any atom is -0.480 e. The molecule has 0 heterocycles. The molecule has 0 amide bonds. The zero-order valence-electron chi connectivity index (χ0n) is 10.6. The van der Waals surface area contributed by atoms with Gasteiger partial charge in [-0.3, -0.25) is 4.79 Å². The van der Waals surface area contributed by atoms with Crippen LogP contribution in [0.1, 0.15) is 18.1 Å². The summed E-state index contributed by atoms with van der Waals surface area (Å²) in [6.07, 6.45) is 0. The van der Waals surface area contributed by atoms with Gasteiger partial charge in [-0.2, -0.15) is 9.57 Å². The number of sulfonamides is 1. The van der Waals surface area contributed by atoms with Gasteiger partial charge in [0.2, 0.25) is 10.0 Å². The molecule has 0 aliphatic carbocycles. The molecule has 0 aliphatic heterocycles. The number of aliphatic carboxylic acids is 1. The maximum Gasteiger partial charge on any atom is 0.321 e. The van der Waals surface area contributed by atoms with Crippen LogP contribution in [0.3, 0.4) is 0 Å². The molecule has 1 N–H and O–H groups in total. The second-order valence-corrected chi connectivity index (χ2v) is 6.08. The van der Waals surface area contributed by atoms with Crippen molar-refractivity contribution in [3.8, 4) is 6.07 Å². The van der Waals surface area contributed by atoms with E-state index in [1.807, 2.05) is 6.07 Å². The fourth-order valence-corrected chi connectivity index (χ4v) is 2.87. The van der Waals surface area contributed by atoms with E-state index in [1.165, 1.54) is 26.1 Å². The number of rotatable bonds is 5. The molecule has 7 heteroatoms. The van der Waals surface area contributed by atoms with Crippen LogP contribution in [0.25, 0.3) is 0 Å². The van der Waals surface area contributed by atoms with E-state index in [-0.39, 0.29) is 5.56 Å². The summed E-state index contributed by atoms with van der Waals surface area (Å²) in [6.45, 7) is 1.29. The third-order valence-electron chi connectivity index (χ3n) is 2.82. The van der Waals surface area contributed by atoms with E-state index in [9.17, 15) is 13.2 Å². The zero-order valence-corrected chi connectivity index (χ0v) is 11.4. The molecule has 6 nitrogen and oxygen atoms in total. The molecule has 1 rings (SSSR count). The highest BCUT2D eigenvalue weighted by Gasteiger charge is 2.28. The van der Waals surface area contributed by atoms with Gasteiger partial charge in [-0.1, -0.05) is 18.2 Å². The van der Waals surface area contributed by atoms with Gasteiger partial charge in [0.15, 0.2) is 0 Å². The van der Waals surface area contributed by atoms with Gasteiger partial charge < -0.3 is 5.11 Å². The molecule has 1 atom stereocenters. The first-order valence-electron chi connectivity index (χ1n) is 5.46. The zero-order chi connectivity index (χ0) is 14.6. The Balaban J connectivity index is 3.04. The van der Waals surface area contributed by atoms with Crippen LogP contribution in [-0.2, 0) is 20.6 Å². The largest absolute Gasteiger partial charge is 0.480 e.